The molecule has 0 aromatic heterocycles. The quantitative estimate of drug-likeness (QED) is 0.648. The van der Waals surface area contributed by atoms with Crippen molar-refractivity contribution in [2.75, 3.05) is 13.2 Å². The largest absolute Gasteiger partial charge is 0.480 e. The molecule has 12 heavy (non-hydrogen) atoms. The second-order valence-corrected chi connectivity index (χ2v) is 2.08. The van der Waals surface area contributed by atoms with Crippen molar-refractivity contribution in [2.45, 2.75) is 12.2 Å². The third-order valence-corrected chi connectivity index (χ3v) is 0.880. The summed E-state index contributed by atoms with van der Waals surface area (Å²) in [6.07, 6.45) is -4.45. The summed E-state index contributed by atoms with van der Waals surface area (Å²) in [7, 11) is 0. The summed E-state index contributed by atoms with van der Waals surface area (Å²) >= 11 is 0. The number of carboxylic acids is 1. The molecule has 1 atom stereocenters. The lowest BCUT2D eigenvalue weighted by Crippen LogP contribution is -2.36. The molecule has 3 N–H and O–H groups in total. The van der Waals surface area contributed by atoms with Crippen LogP contribution >= 0.6 is 0 Å². The number of halogens is 3. The number of hydrogen-bond acceptors (Lipinski definition) is 3. The third kappa shape index (κ3) is 5.93. The third-order valence-electron chi connectivity index (χ3n) is 0.880. The molecule has 0 rings (SSSR count). The Morgan fingerprint density at radius 1 is 1.58 bits per heavy atom. The zero-order chi connectivity index (χ0) is 9.78. The van der Waals surface area contributed by atoms with Gasteiger partial charge in [0.2, 0.25) is 0 Å². The van der Waals surface area contributed by atoms with Crippen LogP contribution in [0.3, 0.4) is 0 Å². The van der Waals surface area contributed by atoms with E-state index in [0.29, 0.717) is 0 Å². The first-order valence-electron chi connectivity index (χ1n) is 2.96. The van der Waals surface area contributed by atoms with Gasteiger partial charge in [0.05, 0.1) is 6.61 Å². The number of ether oxygens (including phenoxy) is 1. The minimum atomic E-state index is -4.45. The SMILES string of the molecule is NC(COCC(F)(F)F)C(=O)O. The molecular formula is C5H8F3NO3. The summed E-state index contributed by atoms with van der Waals surface area (Å²) in [5, 5.41) is 8.13. The highest BCUT2D eigenvalue weighted by Gasteiger charge is 2.28. The fraction of sp³-hybridized carbons (Fsp3) is 0.800. The van der Waals surface area contributed by atoms with E-state index in [4.69, 9.17) is 10.8 Å². The minimum Gasteiger partial charge on any atom is -0.480 e. The van der Waals surface area contributed by atoms with Crippen LogP contribution in [0.4, 0.5) is 13.2 Å². The number of rotatable bonds is 4. The van der Waals surface area contributed by atoms with Crippen LogP contribution in [0.1, 0.15) is 0 Å². The normalized spacial score (nSPS) is 14.3. The molecule has 0 aliphatic carbocycles. The zero-order valence-corrected chi connectivity index (χ0v) is 5.97. The van der Waals surface area contributed by atoms with Gasteiger partial charge in [0.15, 0.2) is 0 Å². The van der Waals surface area contributed by atoms with Crippen molar-refractivity contribution in [1.82, 2.24) is 0 Å². The number of alkyl halides is 3. The number of carbonyl (C=O) groups is 1. The van der Waals surface area contributed by atoms with Crippen LogP contribution in [0.2, 0.25) is 0 Å². The Morgan fingerprint density at radius 2 is 2.08 bits per heavy atom. The fourth-order valence-electron chi connectivity index (χ4n) is 0.373. The summed E-state index contributed by atoms with van der Waals surface area (Å²) in [5.41, 5.74) is 4.85. The maximum atomic E-state index is 11.4. The topological polar surface area (TPSA) is 72.5 Å². The molecule has 0 aromatic rings. The Balaban J connectivity index is 3.51. The lowest BCUT2D eigenvalue weighted by molar-refractivity contribution is -0.176. The van der Waals surface area contributed by atoms with Gasteiger partial charge in [0.25, 0.3) is 0 Å². The van der Waals surface area contributed by atoms with Crippen LogP contribution in [-0.2, 0) is 9.53 Å². The van der Waals surface area contributed by atoms with Crippen LogP contribution < -0.4 is 5.73 Å². The molecule has 0 fully saturated rings. The van der Waals surface area contributed by atoms with Gasteiger partial charge in [-0.05, 0) is 0 Å². The van der Waals surface area contributed by atoms with E-state index in [1.807, 2.05) is 0 Å². The number of nitrogens with two attached hydrogens (primary N) is 1. The highest BCUT2D eigenvalue weighted by atomic mass is 19.4. The minimum absolute atomic E-state index is 0.644. The smallest absolute Gasteiger partial charge is 0.411 e. The van der Waals surface area contributed by atoms with Gasteiger partial charge in [-0.1, -0.05) is 0 Å². The van der Waals surface area contributed by atoms with Gasteiger partial charge >= 0.3 is 12.1 Å². The number of carboxylic acid groups (broad SMARTS) is 1. The summed E-state index contributed by atoms with van der Waals surface area (Å²) in [4.78, 5) is 9.97. The van der Waals surface area contributed by atoms with Gasteiger partial charge in [-0.2, -0.15) is 13.2 Å². The van der Waals surface area contributed by atoms with Crippen molar-refractivity contribution >= 4 is 5.97 Å². The van der Waals surface area contributed by atoms with Crippen LogP contribution in [0.25, 0.3) is 0 Å². The van der Waals surface area contributed by atoms with Crippen molar-refractivity contribution in [1.29, 1.82) is 0 Å². The van der Waals surface area contributed by atoms with Gasteiger partial charge in [0.1, 0.15) is 12.6 Å². The monoisotopic (exact) mass is 187 g/mol. The van der Waals surface area contributed by atoms with Crippen LogP contribution in [0, 0.1) is 0 Å². The van der Waals surface area contributed by atoms with E-state index in [2.05, 4.69) is 4.74 Å². The maximum absolute atomic E-state index is 11.4. The van der Waals surface area contributed by atoms with Crippen molar-refractivity contribution in [3.8, 4) is 0 Å². The lowest BCUT2D eigenvalue weighted by Gasteiger charge is -2.09. The van der Waals surface area contributed by atoms with Gasteiger partial charge in [-0.15, -0.1) is 0 Å². The van der Waals surface area contributed by atoms with Crippen molar-refractivity contribution in [3.63, 3.8) is 0 Å². The lowest BCUT2D eigenvalue weighted by atomic mass is 10.3. The Morgan fingerprint density at radius 3 is 2.42 bits per heavy atom. The average Bonchev–Trinajstić information content (AvgIpc) is 1.84. The van der Waals surface area contributed by atoms with Crippen LogP contribution in [0.15, 0.2) is 0 Å². The standard InChI is InChI=1S/C5H8F3NO3/c6-5(7,8)2-12-1-3(9)4(10)11/h3H,1-2,9H2,(H,10,11). The molecule has 0 saturated heterocycles. The molecule has 0 saturated carbocycles. The molecule has 4 nitrogen and oxygen atoms in total. The Bertz CT molecular complexity index is 159. The van der Waals surface area contributed by atoms with Gasteiger partial charge in [-0.3, -0.25) is 4.79 Å². The van der Waals surface area contributed by atoms with Gasteiger partial charge < -0.3 is 15.6 Å². The van der Waals surface area contributed by atoms with Crippen molar-refractivity contribution in [3.05, 3.63) is 0 Å². The van der Waals surface area contributed by atoms with Gasteiger partial charge in [0, 0.05) is 0 Å². The Hall–Kier alpha value is -0.820. The van der Waals surface area contributed by atoms with E-state index in [9.17, 15) is 18.0 Å². The first-order valence-corrected chi connectivity index (χ1v) is 2.96. The van der Waals surface area contributed by atoms with E-state index < -0.39 is 31.4 Å². The molecule has 0 aliphatic rings. The van der Waals surface area contributed by atoms with Crippen LogP contribution in [-0.4, -0.2) is 36.5 Å². The first-order chi connectivity index (χ1) is 5.33. The van der Waals surface area contributed by atoms with Crippen molar-refractivity contribution < 1.29 is 27.8 Å². The predicted octanol–water partition coefficient (Wildman–Crippen LogP) is -0.0228. The van der Waals surface area contributed by atoms with E-state index in [1.165, 1.54) is 0 Å². The second kappa shape index (κ2) is 4.27. The van der Waals surface area contributed by atoms with E-state index in [-0.39, 0.29) is 0 Å². The Labute approximate surface area is 66.1 Å². The summed E-state index contributed by atoms with van der Waals surface area (Å²) < 4.78 is 38.2. The zero-order valence-electron chi connectivity index (χ0n) is 5.97. The molecule has 0 bridgehead atoms. The molecule has 0 spiro atoms. The molecule has 0 aliphatic heterocycles. The average molecular weight is 187 g/mol. The second-order valence-electron chi connectivity index (χ2n) is 2.08. The molecule has 0 radical (unpaired) electrons. The molecule has 0 aromatic carbocycles. The van der Waals surface area contributed by atoms with E-state index >= 15 is 0 Å². The van der Waals surface area contributed by atoms with E-state index in [1.54, 1.807) is 0 Å². The highest BCUT2D eigenvalue weighted by molar-refractivity contribution is 5.73. The summed E-state index contributed by atoms with van der Waals surface area (Å²) in [6, 6.07) is -1.41. The molecular weight excluding hydrogens is 179 g/mol. The van der Waals surface area contributed by atoms with E-state index in [0.717, 1.165) is 0 Å². The first kappa shape index (κ1) is 11.2. The molecule has 72 valence electrons. The maximum Gasteiger partial charge on any atom is 0.411 e. The summed E-state index contributed by atoms with van der Waals surface area (Å²) in [6.45, 7) is -2.12. The number of aliphatic carboxylic acids is 1. The summed E-state index contributed by atoms with van der Waals surface area (Å²) in [5.74, 6) is -1.39. The molecule has 7 heteroatoms. The predicted molar refractivity (Wildman–Crippen MR) is 32.5 cm³/mol. The van der Waals surface area contributed by atoms with Gasteiger partial charge in [-0.25, -0.2) is 0 Å². The van der Waals surface area contributed by atoms with Crippen LogP contribution in [0.5, 0.6) is 0 Å². The number of hydrogen-bond donors (Lipinski definition) is 2. The highest BCUT2D eigenvalue weighted by Crippen LogP contribution is 2.14. The fourth-order valence-corrected chi connectivity index (χ4v) is 0.373. The Kier molecular flexibility index (Phi) is 3.98. The van der Waals surface area contributed by atoms with Crippen molar-refractivity contribution in [2.24, 2.45) is 5.73 Å². The molecule has 1 unspecified atom stereocenters. The molecule has 0 amide bonds. The molecule has 0 heterocycles.